The smallest absolute Gasteiger partial charge is 0.0618 e. The second-order valence-corrected chi connectivity index (χ2v) is 4.29. The molecule has 0 radical (unpaired) electrons. The first-order valence-electron chi connectivity index (χ1n) is 5.05. The van der Waals surface area contributed by atoms with E-state index in [2.05, 4.69) is 21.4 Å². The highest BCUT2D eigenvalue weighted by atomic mass is 15.2. The Morgan fingerprint density at radius 2 is 2.38 bits per heavy atom. The molecule has 70 valence electrons. The fourth-order valence-corrected chi connectivity index (χ4v) is 2.30. The van der Waals surface area contributed by atoms with Crippen molar-refractivity contribution >= 4 is 6.21 Å². The molecule has 1 saturated heterocycles. The van der Waals surface area contributed by atoms with Crippen molar-refractivity contribution < 1.29 is 0 Å². The molecule has 3 aliphatic heterocycles. The van der Waals surface area contributed by atoms with Crippen LogP contribution in [0.3, 0.4) is 0 Å². The van der Waals surface area contributed by atoms with Gasteiger partial charge in [0.15, 0.2) is 0 Å². The highest BCUT2D eigenvalue weighted by molar-refractivity contribution is 5.84. The van der Waals surface area contributed by atoms with Crippen molar-refractivity contribution in [1.29, 1.82) is 0 Å². The molecule has 1 N–H and O–H groups in total. The summed E-state index contributed by atoms with van der Waals surface area (Å²) in [6.45, 7) is 6.99. The lowest BCUT2D eigenvalue weighted by Gasteiger charge is -2.31. The van der Waals surface area contributed by atoms with Crippen molar-refractivity contribution in [2.45, 2.75) is 0 Å². The molecule has 0 aliphatic carbocycles. The Morgan fingerprint density at radius 3 is 3.08 bits per heavy atom. The summed E-state index contributed by atoms with van der Waals surface area (Å²) in [5.74, 6) is 0.900. The van der Waals surface area contributed by atoms with Gasteiger partial charge >= 0.3 is 0 Å². The van der Waals surface area contributed by atoms with Gasteiger partial charge in [-0.3, -0.25) is 9.89 Å². The molecular weight excluding hydrogens is 162 g/mol. The van der Waals surface area contributed by atoms with Crippen molar-refractivity contribution in [3.63, 3.8) is 0 Å². The Balaban J connectivity index is 1.56. The van der Waals surface area contributed by atoms with Gasteiger partial charge in [0.1, 0.15) is 0 Å². The lowest BCUT2D eigenvalue weighted by molar-refractivity contribution is 0.227. The summed E-state index contributed by atoms with van der Waals surface area (Å²) in [4.78, 5) is 6.83. The zero-order valence-corrected chi connectivity index (χ0v) is 7.79. The van der Waals surface area contributed by atoms with Gasteiger partial charge in [-0.1, -0.05) is 0 Å². The predicted octanol–water partition coefficient (Wildman–Crippen LogP) is -0.0976. The third kappa shape index (κ3) is 1.32. The third-order valence-corrected chi connectivity index (χ3v) is 3.17. The summed E-state index contributed by atoms with van der Waals surface area (Å²) in [6, 6.07) is 0. The second-order valence-electron chi connectivity index (χ2n) is 4.29. The molecule has 0 bridgehead atoms. The lowest BCUT2D eigenvalue weighted by atomic mass is 10.0. The molecule has 0 atom stereocenters. The van der Waals surface area contributed by atoms with Gasteiger partial charge in [0.2, 0.25) is 0 Å². The molecule has 3 heterocycles. The number of hydrogen-bond acceptors (Lipinski definition) is 3. The van der Waals surface area contributed by atoms with Crippen LogP contribution in [0, 0.1) is 5.92 Å². The average molecular weight is 177 g/mol. The van der Waals surface area contributed by atoms with Crippen LogP contribution >= 0.6 is 0 Å². The zero-order valence-electron chi connectivity index (χ0n) is 7.79. The summed E-state index contributed by atoms with van der Waals surface area (Å²) < 4.78 is 0. The van der Waals surface area contributed by atoms with Gasteiger partial charge in [-0.15, -0.1) is 0 Å². The topological polar surface area (TPSA) is 27.6 Å². The Hall–Kier alpha value is -0.670. The maximum atomic E-state index is 4.28. The molecule has 0 aromatic heterocycles. The van der Waals surface area contributed by atoms with Crippen LogP contribution in [0.1, 0.15) is 0 Å². The lowest BCUT2D eigenvalue weighted by Crippen LogP contribution is -2.48. The van der Waals surface area contributed by atoms with E-state index < -0.39 is 0 Å². The van der Waals surface area contributed by atoms with Crippen LogP contribution in [0.4, 0.5) is 0 Å². The van der Waals surface area contributed by atoms with Crippen LogP contribution in [-0.4, -0.2) is 50.4 Å². The summed E-state index contributed by atoms with van der Waals surface area (Å²) in [5, 5.41) is 3.32. The first kappa shape index (κ1) is 7.71. The van der Waals surface area contributed by atoms with Gasteiger partial charge in [-0.2, -0.15) is 0 Å². The maximum absolute atomic E-state index is 4.28. The van der Waals surface area contributed by atoms with Crippen LogP contribution in [0.25, 0.3) is 0 Å². The van der Waals surface area contributed by atoms with Crippen molar-refractivity contribution in [3.8, 4) is 0 Å². The van der Waals surface area contributed by atoms with E-state index in [0.29, 0.717) is 0 Å². The fraction of sp³-hybridized carbons (Fsp3) is 0.700. The Morgan fingerprint density at radius 1 is 1.46 bits per heavy atom. The first-order valence-corrected chi connectivity index (χ1v) is 5.05. The molecule has 3 heteroatoms. The number of nitrogens with zero attached hydrogens (tertiary/aromatic N) is 2. The Kier molecular flexibility index (Phi) is 1.73. The number of rotatable bonds is 2. The Labute approximate surface area is 78.5 Å². The van der Waals surface area contributed by atoms with Gasteiger partial charge in [-0.25, -0.2) is 0 Å². The molecule has 1 fully saturated rings. The monoisotopic (exact) mass is 177 g/mol. The molecule has 0 unspecified atom stereocenters. The van der Waals surface area contributed by atoms with Gasteiger partial charge in [0.25, 0.3) is 0 Å². The Bertz CT molecular complexity index is 276. The van der Waals surface area contributed by atoms with E-state index in [4.69, 9.17) is 0 Å². The largest absolute Gasteiger partial charge is 0.316 e. The van der Waals surface area contributed by atoms with Gasteiger partial charge in [-0.05, 0) is 17.1 Å². The van der Waals surface area contributed by atoms with E-state index in [0.717, 1.165) is 19.0 Å². The van der Waals surface area contributed by atoms with Crippen LogP contribution in [-0.2, 0) is 0 Å². The summed E-state index contributed by atoms with van der Waals surface area (Å²) in [5.41, 5.74) is 3.06. The number of aliphatic imine (C=N–C) groups is 1. The molecule has 0 spiro atoms. The quantitative estimate of drug-likeness (QED) is 0.638. The number of nitrogens with one attached hydrogen (secondary N) is 1. The normalized spacial score (nSPS) is 28.3. The van der Waals surface area contributed by atoms with Crippen molar-refractivity contribution in [3.05, 3.63) is 11.1 Å². The minimum Gasteiger partial charge on any atom is -0.316 e. The third-order valence-electron chi connectivity index (χ3n) is 3.17. The second kappa shape index (κ2) is 2.93. The van der Waals surface area contributed by atoms with Gasteiger partial charge < -0.3 is 5.32 Å². The first-order chi connectivity index (χ1) is 6.42. The van der Waals surface area contributed by atoms with Crippen molar-refractivity contribution in [2.24, 2.45) is 10.9 Å². The molecular formula is C10H15N3. The highest BCUT2D eigenvalue weighted by Crippen LogP contribution is 2.21. The van der Waals surface area contributed by atoms with Crippen molar-refractivity contribution in [2.75, 3.05) is 39.3 Å². The molecule has 3 aliphatic rings. The molecule has 3 rings (SSSR count). The van der Waals surface area contributed by atoms with E-state index in [-0.39, 0.29) is 0 Å². The van der Waals surface area contributed by atoms with Crippen LogP contribution in [0.2, 0.25) is 0 Å². The van der Waals surface area contributed by atoms with Gasteiger partial charge in [0.05, 0.1) is 6.54 Å². The van der Waals surface area contributed by atoms with Crippen LogP contribution in [0.5, 0.6) is 0 Å². The maximum Gasteiger partial charge on any atom is 0.0618 e. The zero-order chi connectivity index (χ0) is 8.67. The number of hydrogen-bond donors (Lipinski definition) is 1. The van der Waals surface area contributed by atoms with E-state index in [1.807, 2.05) is 0 Å². The van der Waals surface area contributed by atoms with E-state index >= 15 is 0 Å². The molecule has 3 nitrogen and oxygen atoms in total. The predicted molar refractivity (Wildman–Crippen MR) is 53.2 cm³/mol. The van der Waals surface area contributed by atoms with E-state index in [1.54, 1.807) is 5.57 Å². The SMILES string of the molecule is C1=NCC2=C1CN(CC1CNC1)C2. The minimum absolute atomic E-state index is 0.900. The molecule has 13 heavy (non-hydrogen) atoms. The van der Waals surface area contributed by atoms with E-state index in [9.17, 15) is 0 Å². The summed E-state index contributed by atoms with van der Waals surface area (Å²) in [7, 11) is 0. The van der Waals surface area contributed by atoms with E-state index in [1.165, 1.54) is 31.8 Å². The summed E-state index contributed by atoms with van der Waals surface area (Å²) >= 11 is 0. The molecule has 0 aromatic rings. The highest BCUT2D eigenvalue weighted by Gasteiger charge is 2.27. The summed E-state index contributed by atoms with van der Waals surface area (Å²) in [6.07, 6.45) is 2.06. The molecule has 0 amide bonds. The van der Waals surface area contributed by atoms with Crippen molar-refractivity contribution in [1.82, 2.24) is 10.2 Å². The fourth-order valence-electron chi connectivity index (χ4n) is 2.30. The average Bonchev–Trinajstić information content (AvgIpc) is 2.54. The van der Waals surface area contributed by atoms with Gasteiger partial charge in [0, 0.05) is 38.9 Å². The minimum atomic E-state index is 0.900. The van der Waals surface area contributed by atoms with Crippen LogP contribution in [0.15, 0.2) is 16.1 Å². The molecule has 0 saturated carbocycles. The van der Waals surface area contributed by atoms with Crippen LogP contribution < -0.4 is 5.32 Å². The standard InChI is InChI=1S/C10H15N3/c1-8(2-11-1)5-13-6-9-3-12-4-10(9)7-13/h3,8,11H,1-2,4-7H2. The molecule has 0 aromatic carbocycles.